The molecule has 2 rings (SSSR count). The van der Waals surface area contributed by atoms with E-state index in [1.165, 1.54) is 0 Å². The van der Waals surface area contributed by atoms with Gasteiger partial charge in [0.1, 0.15) is 0 Å². The van der Waals surface area contributed by atoms with Gasteiger partial charge < -0.3 is 5.73 Å². The van der Waals surface area contributed by atoms with E-state index >= 15 is 0 Å². The van der Waals surface area contributed by atoms with Crippen molar-refractivity contribution in [3.8, 4) is 0 Å². The van der Waals surface area contributed by atoms with Crippen LogP contribution in [0.25, 0.3) is 0 Å². The summed E-state index contributed by atoms with van der Waals surface area (Å²) in [4.78, 5) is 1.33. The summed E-state index contributed by atoms with van der Waals surface area (Å²) >= 11 is 1.54. The second-order valence-electron chi connectivity index (χ2n) is 5.90. The Hall–Kier alpha value is -0.270. The van der Waals surface area contributed by atoms with Gasteiger partial charge >= 0.3 is 0 Å². The highest BCUT2D eigenvalue weighted by Crippen LogP contribution is 2.31. The molecular formula is C14H23ClN2O2S2. The average Bonchev–Trinajstić information content (AvgIpc) is 2.41. The first-order chi connectivity index (χ1) is 9.27. The van der Waals surface area contributed by atoms with E-state index < -0.39 is 10.0 Å². The predicted octanol–water partition coefficient (Wildman–Crippen LogP) is 2.58. The standard InChI is InChI=1S/C14H22N2O2S2.ClH/c1-14(2)10-16(8-7-13(14)15)20(17,18)12-6-4-5-11(9-12)19-3;/h4-6,9,13H,7-8,10,15H2,1-3H3;1H. The van der Waals surface area contributed by atoms with Crippen molar-refractivity contribution >= 4 is 34.2 Å². The molecule has 0 aliphatic carbocycles. The summed E-state index contributed by atoms with van der Waals surface area (Å²) in [6.45, 7) is 5.02. The number of rotatable bonds is 3. The topological polar surface area (TPSA) is 63.4 Å². The number of sulfonamides is 1. The van der Waals surface area contributed by atoms with E-state index in [0.29, 0.717) is 24.4 Å². The number of halogens is 1. The lowest BCUT2D eigenvalue weighted by Gasteiger charge is -2.41. The molecule has 21 heavy (non-hydrogen) atoms. The van der Waals surface area contributed by atoms with Crippen molar-refractivity contribution in [3.63, 3.8) is 0 Å². The van der Waals surface area contributed by atoms with Gasteiger partial charge in [-0.2, -0.15) is 4.31 Å². The number of hydrogen-bond acceptors (Lipinski definition) is 4. The van der Waals surface area contributed by atoms with Crippen LogP contribution < -0.4 is 5.73 Å². The summed E-state index contributed by atoms with van der Waals surface area (Å²) in [6, 6.07) is 7.16. The second kappa shape index (κ2) is 6.87. The van der Waals surface area contributed by atoms with Crippen molar-refractivity contribution < 1.29 is 8.42 Å². The molecule has 1 saturated heterocycles. The quantitative estimate of drug-likeness (QED) is 0.851. The molecule has 1 aromatic carbocycles. The molecule has 1 heterocycles. The van der Waals surface area contributed by atoms with Gasteiger partial charge in [0.2, 0.25) is 10.0 Å². The zero-order valence-corrected chi connectivity index (χ0v) is 15.0. The number of nitrogens with two attached hydrogens (primary N) is 1. The number of piperidine rings is 1. The number of nitrogens with zero attached hydrogens (tertiary/aromatic N) is 1. The van der Waals surface area contributed by atoms with E-state index in [9.17, 15) is 8.42 Å². The lowest BCUT2D eigenvalue weighted by Crippen LogP contribution is -2.53. The first kappa shape index (κ1) is 18.8. The molecule has 1 aromatic rings. The maximum Gasteiger partial charge on any atom is 0.243 e. The van der Waals surface area contributed by atoms with E-state index in [1.807, 2.05) is 26.2 Å². The van der Waals surface area contributed by atoms with Gasteiger partial charge in [0.05, 0.1) is 4.90 Å². The van der Waals surface area contributed by atoms with Crippen molar-refractivity contribution in [1.29, 1.82) is 0 Å². The zero-order valence-electron chi connectivity index (χ0n) is 12.6. The summed E-state index contributed by atoms with van der Waals surface area (Å²) < 4.78 is 27.0. The average molecular weight is 351 g/mol. The van der Waals surface area contributed by atoms with Crippen LogP contribution in [0.4, 0.5) is 0 Å². The van der Waals surface area contributed by atoms with Crippen LogP contribution in [0, 0.1) is 5.41 Å². The third-order valence-corrected chi connectivity index (χ3v) is 6.52. The highest BCUT2D eigenvalue weighted by atomic mass is 35.5. The lowest BCUT2D eigenvalue weighted by molar-refractivity contribution is 0.155. The van der Waals surface area contributed by atoms with Crippen LogP contribution in [0.2, 0.25) is 0 Å². The number of thioether (sulfide) groups is 1. The largest absolute Gasteiger partial charge is 0.327 e. The molecule has 1 atom stereocenters. The number of hydrogen-bond donors (Lipinski definition) is 1. The third-order valence-electron chi connectivity index (χ3n) is 3.96. The van der Waals surface area contributed by atoms with E-state index in [-0.39, 0.29) is 23.9 Å². The smallest absolute Gasteiger partial charge is 0.243 e. The highest BCUT2D eigenvalue weighted by Gasteiger charge is 2.38. The van der Waals surface area contributed by atoms with Crippen LogP contribution in [0.15, 0.2) is 34.1 Å². The monoisotopic (exact) mass is 350 g/mol. The lowest BCUT2D eigenvalue weighted by atomic mass is 9.81. The SMILES string of the molecule is CSc1cccc(S(=O)(=O)N2CCC(N)C(C)(C)C2)c1.Cl. The fourth-order valence-electron chi connectivity index (χ4n) is 2.44. The molecule has 0 radical (unpaired) electrons. The molecule has 2 N–H and O–H groups in total. The number of benzene rings is 1. The van der Waals surface area contributed by atoms with Gasteiger partial charge in [0.25, 0.3) is 0 Å². The van der Waals surface area contributed by atoms with E-state index in [0.717, 1.165) is 4.90 Å². The van der Waals surface area contributed by atoms with Crippen LogP contribution >= 0.6 is 24.2 Å². The molecule has 0 amide bonds. The minimum atomic E-state index is -3.42. The maximum absolute atomic E-state index is 12.7. The highest BCUT2D eigenvalue weighted by molar-refractivity contribution is 7.98. The van der Waals surface area contributed by atoms with Crippen molar-refractivity contribution in [2.75, 3.05) is 19.3 Å². The molecule has 0 saturated carbocycles. The first-order valence-electron chi connectivity index (χ1n) is 6.67. The van der Waals surface area contributed by atoms with Crippen molar-refractivity contribution in [1.82, 2.24) is 4.31 Å². The third kappa shape index (κ3) is 3.93. The minimum absolute atomic E-state index is 0. The normalized spacial score (nSPS) is 22.6. The Kier molecular flexibility index (Phi) is 6.15. The molecule has 1 aliphatic heterocycles. The van der Waals surface area contributed by atoms with Crippen LogP contribution in [0.3, 0.4) is 0 Å². The zero-order chi connectivity index (χ0) is 15.0. The molecule has 0 aromatic heterocycles. The molecule has 0 bridgehead atoms. The Bertz CT molecular complexity index is 590. The van der Waals surface area contributed by atoms with E-state index in [1.54, 1.807) is 34.3 Å². The maximum atomic E-state index is 12.7. The molecule has 120 valence electrons. The van der Waals surface area contributed by atoms with Crippen LogP contribution in [0.1, 0.15) is 20.3 Å². The molecule has 4 nitrogen and oxygen atoms in total. The Morgan fingerprint density at radius 2 is 2.05 bits per heavy atom. The molecule has 1 fully saturated rings. The molecule has 1 aliphatic rings. The Morgan fingerprint density at radius 3 is 2.62 bits per heavy atom. The molecule has 1 unspecified atom stereocenters. The van der Waals surface area contributed by atoms with Gasteiger partial charge in [-0.05, 0) is 36.3 Å². The summed E-state index contributed by atoms with van der Waals surface area (Å²) in [5.74, 6) is 0. The minimum Gasteiger partial charge on any atom is -0.327 e. The van der Waals surface area contributed by atoms with Crippen LogP contribution in [0.5, 0.6) is 0 Å². The van der Waals surface area contributed by atoms with E-state index in [2.05, 4.69) is 0 Å². The van der Waals surface area contributed by atoms with Gasteiger partial charge in [-0.3, -0.25) is 0 Å². The summed E-state index contributed by atoms with van der Waals surface area (Å²) in [5.41, 5.74) is 5.89. The van der Waals surface area contributed by atoms with Crippen molar-refractivity contribution in [3.05, 3.63) is 24.3 Å². The summed E-state index contributed by atoms with van der Waals surface area (Å²) in [5, 5.41) is 0. The van der Waals surface area contributed by atoms with Crippen LogP contribution in [-0.2, 0) is 10.0 Å². The fourth-order valence-corrected chi connectivity index (χ4v) is 4.65. The van der Waals surface area contributed by atoms with Gasteiger partial charge in [-0.1, -0.05) is 19.9 Å². The molecule has 7 heteroatoms. The Morgan fingerprint density at radius 1 is 1.38 bits per heavy atom. The predicted molar refractivity (Wildman–Crippen MR) is 90.6 cm³/mol. The summed E-state index contributed by atoms with van der Waals surface area (Å²) in [7, 11) is -3.42. The van der Waals surface area contributed by atoms with Gasteiger partial charge in [0.15, 0.2) is 0 Å². The fraction of sp³-hybridized carbons (Fsp3) is 0.571. The Labute approximate surface area is 137 Å². The summed E-state index contributed by atoms with van der Waals surface area (Å²) in [6.07, 6.45) is 2.64. The van der Waals surface area contributed by atoms with Crippen LogP contribution in [-0.4, -0.2) is 38.1 Å². The van der Waals surface area contributed by atoms with Gasteiger partial charge in [-0.25, -0.2) is 8.42 Å². The molecule has 0 spiro atoms. The van der Waals surface area contributed by atoms with Gasteiger partial charge in [-0.15, -0.1) is 24.2 Å². The van der Waals surface area contributed by atoms with Crippen molar-refractivity contribution in [2.45, 2.75) is 36.1 Å². The van der Waals surface area contributed by atoms with Crippen molar-refractivity contribution in [2.24, 2.45) is 11.1 Å². The molecular weight excluding hydrogens is 328 g/mol. The second-order valence-corrected chi connectivity index (χ2v) is 8.72. The first-order valence-corrected chi connectivity index (χ1v) is 9.33. The van der Waals surface area contributed by atoms with Gasteiger partial charge in [0, 0.05) is 24.0 Å². The Balaban J connectivity index is 0.00000220. The van der Waals surface area contributed by atoms with E-state index in [4.69, 9.17) is 5.73 Å².